The van der Waals surface area contributed by atoms with Crippen LogP contribution in [0.25, 0.3) is 11.5 Å². The van der Waals surface area contributed by atoms with Gasteiger partial charge in [0.15, 0.2) is 0 Å². The van der Waals surface area contributed by atoms with Gasteiger partial charge in [0.1, 0.15) is 0 Å². The van der Waals surface area contributed by atoms with Crippen LogP contribution >= 0.6 is 0 Å². The van der Waals surface area contributed by atoms with Gasteiger partial charge in [0.2, 0.25) is 17.7 Å². The maximum atomic E-state index is 11.6. The Labute approximate surface area is 117 Å². The standard InChI is InChI=1S/C14H18N4O2/c1-10(2)8-16-12(19)5-6-13-17-18-14(20-13)11-4-3-7-15-9-11/h3-4,7,9-10H,5-6,8H2,1-2H3,(H,16,19). The number of pyridine rings is 1. The highest BCUT2D eigenvalue weighted by molar-refractivity contribution is 5.75. The average molecular weight is 274 g/mol. The summed E-state index contributed by atoms with van der Waals surface area (Å²) < 4.78 is 5.50. The molecule has 0 bridgehead atoms. The first-order valence-corrected chi connectivity index (χ1v) is 6.64. The predicted molar refractivity (Wildman–Crippen MR) is 73.7 cm³/mol. The van der Waals surface area contributed by atoms with Crippen molar-refractivity contribution in [2.75, 3.05) is 6.54 Å². The van der Waals surface area contributed by atoms with Crippen molar-refractivity contribution >= 4 is 5.91 Å². The van der Waals surface area contributed by atoms with Crippen molar-refractivity contribution in [2.45, 2.75) is 26.7 Å². The molecule has 0 spiro atoms. The molecule has 2 heterocycles. The number of rotatable bonds is 6. The van der Waals surface area contributed by atoms with Gasteiger partial charge in [-0.05, 0) is 18.1 Å². The molecule has 0 aliphatic carbocycles. The molecule has 6 nitrogen and oxygen atoms in total. The van der Waals surface area contributed by atoms with E-state index < -0.39 is 0 Å². The molecular formula is C14H18N4O2. The van der Waals surface area contributed by atoms with Crippen LogP contribution in [-0.4, -0.2) is 27.6 Å². The number of nitrogens with one attached hydrogen (secondary N) is 1. The molecule has 0 fully saturated rings. The molecule has 106 valence electrons. The van der Waals surface area contributed by atoms with E-state index in [-0.39, 0.29) is 5.91 Å². The lowest BCUT2D eigenvalue weighted by molar-refractivity contribution is -0.121. The molecule has 0 radical (unpaired) electrons. The van der Waals surface area contributed by atoms with Crippen LogP contribution in [0, 0.1) is 5.92 Å². The van der Waals surface area contributed by atoms with Gasteiger partial charge >= 0.3 is 0 Å². The molecule has 0 atom stereocenters. The van der Waals surface area contributed by atoms with E-state index in [9.17, 15) is 4.79 Å². The highest BCUT2D eigenvalue weighted by atomic mass is 16.4. The monoisotopic (exact) mass is 274 g/mol. The van der Waals surface area contributed by atoms with E-state index in [1.165, 1.54) is 0 Å². The summed E-state index contributed by atoms with van der Waals surface area (Å²) in [6.07, 6.45) is 4.13. The van der Waals surface area contributed by atoms with Crippen molar-refractivity contribution in [1.29, 1.82) is 0 Å². The van der Waals surface area contributed by atoms with Crippen molar-refractivity contribution in [1.82, 2.24) is 20.5 Å². The summed E-state index contributed by atoms with van der Waals surface area (Å²) in [5.74, 6) is 1.33. The number of hydrogen-bond acceptors (Lipinski definition) is 5. The molecule has 2 aromatic rings. The van der Waals surface area contributed by atoms with Gasteiger partial charge in [0.25, 0.3) is 0 Å². The van der Waals surface area contributed by atoms with Crippen LogP contribution in [0.3, 0.4) is 0 Å². The molecule has 0 aliphatic heterocycles. The van der Waals surface area contributed by atoms with Crippen molar-refractivity contribution < 1.29 is 9.21 Å². The largest absolute Gasteiger partial charge is 0.421 e. The normalized spacial score (nSPS) is 10.8. The van der Waals surface area contributed by atoms with Crippen LogP contribution < -0.4 is 5.32 Å². The SMILES string of the molecule is CC(C)CNC(=O)CCc1nnc(-c2cccnc2)o1. The molecule has 1 amide bonds. The fourth-order valence-electron chi connectivity index (χ4n) is 1.59. The molecule has 0 aromatic carbocycles. The summed E-state index contributed by atoms with van der Waals surface area (Å²) in [5.41, 5.74) is 0.774. The summed E-state index contributed by atoms with van der Waals surface area (Å²) in [6, 6.07) is 3.65. The summed E-state index contributed by atoms with van der Waals surface area (Å²) in [6.45, 7) is 4.79. The zero-order valence-electron chi connectivity index (χ0n) is 11.7. The maximum Gasteiger partial charge on any atom is 0.249 e. The predicted octanol–water partition coefficient (Wildman–Crippen LogP) is 1.84. The Hall–Kier alpha value is -2.24. The number of carbonyl (C=O) groups excluding carboxylic acids is 1. The third kappa shape index (κ3) is 4.15. The lowest BCUT2D eigenvalue weighted by Gasteiger charge is -2.06. The van der Waals surface area contributed by atoms with Gasteiger partial charge < -0.3 is 9.73 Å². The number of aromatic nitrogens is 3. The van der Waals surface area contributed by atoms with E-state index >= 15 is 0 Å². The number of aryl methyl sites for hydroxylation is 1. The molecule has 2 rings (SSSR count). The third-order valence-electron chi connectivity index (χ3n) is 2.65. The van der Waals surface area contributed by atoms with Crippen LogP contribution in [0.1, 0.15) is 26.2 Å². The number of amides is 1. The van der Waals surface area contributed by atoms with Crippen molar-refractivity contribution in [3.8, 4) is 11.5 Å². The van der Waals surface area contributed by atoms with E-state index in [0.717, 1.165) is 5.56 Å². The van der Waals surface area contributed by atoms with Gasteiger partial charge in [0, 0.05) is 31.8 Å². The van der Waals surface area contributed by atoms with Gasteiger partial charge in [-0.3, -0.25) is 9.78 Å². The lowest BCUT2D eigenvalue weighted by atomic mass is 10.2. The van der Waals surface area contributed by atoms with Crippen LogP contribution in [0.5, 0.6) is 0 Å². The highest BCUT2D eigenvalue weighted by Gasteiger charge is 2.10. The Morgan fingerprint density at radius 3 is 2.95 bits per heavy atom. The molecule has 0 saturated heterocycles. The summed E-state index contributed by atoms with van der Waals surface area (Å²) in [7, 11) is 0. The molecule has 6 heteroatoms. The van der Waals surface area contributed by atoms with Gasteiger partial charge in [-0.25, -0.2) is 0 Å². The maximum absolute atomic E-state index is 11.6. The quantitative estimate of drug-likeness (QED) is 0.869. The molecule has 20 heavy (non-hydrogen) atoms. The van der Waals surface area contributed by atoms with Crippen molar-refractivity contribution in [3.05, 3.63) is 30.4 Å². The molecule has 2 aromatic heterocycles. The van der Waals surface area contributed by atoms with Crippen LogP contribution in [0.15, 0.2) is 28.9 Å². The smallest absolute Gasteiger partial charge is 0.249 e. The molecule has 0 aliphatic rings. The minimum atomic E-state index is -0.000159. The Bertz CT molecular complexity index is 551. The Balaban J connectivity index is 1.86. The second kappa shape index (κ2) is 6.79. The van der Waals surface area contributed by atoms with Gasteiger partial charge in [-0.15, -0.1) is 10.2 Å². The van der Waals surface area contributed by atoms with E-state index in [4.69, 9.17) is 4.42 Å². The minimum absolute atomic E-state index is 0.000159. The number of hydrogen-bond donors (Lipinski definition) is 1. The fourth-order valence-corrected chi connectivity index (χ4v) is 1.59. The molecule has 0 unspecified atom stereocenters. The zero-order valence-corrected chi connectivity index (χ0v) is 11.7. The number of carbonyl (C=O) groups is 1. The second-order valence-electron chi connectivity index (χ2n) is 4.94. The van der Waals surface area contributed by atoms with E-state index in [1.807, 2.05) is 6.07 Å². The zero-order chi connectivity index (χ0) is 14.4. The first-order valence-electron chi connectivity index (χ1n) is 6.64. The summed E-state index contributed by atoms with van der Waals surface area (Å²) in [5, 5.41) is 10.7. The average Bonchev–Trinajstić information content (AvgIpc) is 2.93. The van der Waals surface area contributed by atoms with Gasteiger partial charge in [-0.2, -0.15) is 0 Å². The van der Waals surface area contributed by atoms with E-state index in [0.29, 0.717) is 37.1 Å². The summed E-state index contributed by atoms with van der Waals surface area (Å²) in [4.78, 5) is 15.6. The topological polar surface area (TPSA) is 80.9 Å². The number of nitrogens with zero attached hydrogens (tertiary/aromatic N) is 3. The van der Waals surface area contributed by atoms with Gasteiger partial charge in [0.05, 0.1) is 5.56 Å². The third-order valence-corrected chi connectivity index (χ3v) is 2.65. The first kappa shape index (κ1) is 14.2. The van der Waals surface area contributed by atoms with Crippen LogP contribution in [0.2, 0.25) is 0 Å². The first-order chi connectivity index (χ1) is 9.65. The van der Waals surface area contributed by atoms with E-state index in [1.54, 1.807) is 18.5 Å². The fraction of sp³-hybridized carbons (Fsp3) is 0.429. The summed E-state index contributed by atoms with van der Waals surface area (Å²) >= 11 is 0. The molecular weight excluding hydrogens is 256 g/mol. The Morgan fingerprint density at radius 1 is 1.40 bits per heavy atom. The van der Waals surface area contributed by atoms with Crippen molar-refractivity contribution in [3.63, 3.8) is 0 Å². The molecule has 0 saturated carbocycles. The Kier molecular flexibility index (Phi) is 4.81. The molecule has 1 N–H and O–H groups in total. The van der Waals surface area contributed by atoms with Gasteiger partial charge in [-0.1, -0.05) is 13.8 Å². The Morgan fingerprint density at radius 2 is 2.25 bits per heavy atom. The lowest BCUT2D eigenvalue weighted by Crippen LogP contribution is -2.27. The minimum Gasteiger partial charge on any atom is -0.421 e. The van der Waals surface area contributed by atoms with E-state index in [2.05, 4.69) is 34.3 Å². The van der Waals surface area contributed by atoms with Crippen molar-refractivity contribution in [2.24, 2.45) is 5.92 Å². The second-order valence-corrected chi connectivity index (χ2v) is 4.94. The highest BCUT2D eigenvalue weighted by Crippen LogP contribution is 2.16. The van der Waals surface area contributed by atoms with Crippen LogP contribution in [-0.2, 0) is 11.2 Å². The van der Waals surface area contributed by atoms with Crippen LogP contribution in [0.4, 0.5) is 0 Å².